The quantitative estimate of drug-likeness (QED) is 0.347. The molecule has 170 valence electrons. The number of hydrogen-bond donors (Lipinski definition) is 1. The van der Waals surface area contributed by atoms with E-state index >= 15 is 0 Å². The van der Waals surface area contributed by atoms with Crippen molar-refractivity contribution in [1.82, 2.24) is 14.7 Å². The van der Waals surface area contributed by atoms with Crippen molar-refractivity contribution in [2.24, 2.45) is 0 Å². The Hall–Kier alpha value is -3.34. The average molecular weight is 522 g/mol. The first-order valence-corrected chi connectivity index (χ1v) is 10.7. The third-order valence-electron chi connectivity index (χ3n) is 5.47. The first-order valence-electron chi connectivity index (χ1n) is 9.93. The van der Waals surface area contributed by atoms with Gasteiger partial charge in [0.15, 0.2) is 0 Å². The Morgan fingerprint density at radius 2 is 2.03 bits per heavy atom. The lowest BCUT2D eigenvalue weighted by atomic mass is 10.1. The van der Waals surface area contributed by atoms with Crippen LogP contribution in [-0.4, -0.2) is 32.1 Å². The molecular formula is C22H15BrF3N3O4. The van der Waals surface area contributed by atoms with Crippen LogP contribution in [0.15, 0.2) is 51.5 Å². The predicted octanol–water partition coefficient (Wildman–Crippen LogP) is 5.98. The summed E-state index contributed by atoms with van der Waals surface area (Å²) in [6, 6.07) is 11.4. The van der Waals surface area contributed by atoms with E-state index < -0.39 is 18.1 Å². The van der Waals surface area contributed by atoms with E-state index in [-0.39, 0.29) is 29.7 Å². The minimum absolute atomic E-state index is 0.0302. The molecule has 4 aromatic rings. The van der Waals surface area contributed by atoms with E-state index in [9.17, 15) is 23.1 Å². The first-order chi connectivity index (χ1) is 15.7. The predicted molar refractivity (Wildman–Crippen MR) is 115 cm³/mol. The summed E-state index contributed by atoms with van der Waals surface area (Å²) in [5.74, 6) is -0.978. The molecule has 0 amide bonds. The van der Waals surface area contributed by atoms with Crippen molar-refractivity contribution < 1.29 is 32.3 Å². The number of ether oxygens (including phenoxy) is 1. The summed E-state index contributed by atoms with van der Waals surface area (Å²) in [5.41, 5.74) is 2.85. The molecule has 7 nitrogen and oxygen atoms in total. The van der Waals surface area contributed by atoms with Crippen LogP contribution in [0.1, 0.15) is 24.6 Å². The van der Waals surface area contributed by atoms with Gasteiger partial charge in [-0.05, 0) is 48.6 Å². The molecule has 1 N–H and O–H groups in total. The van der Waals surface area contributed by atoms with Crippen molar-refractivity contribution in [3.63, 3.8) is 0 Å². The van der Waals surface area contributed by atoms with Crippen LogP contribution in [0.5, 0.6) is 5.75 Å². The molecule has 11 heteroatoms. The fraction of sp³-hybridized carbons (Fsp3) is 0.227. The van der Waals surface area contributed by atoms with Gasteiger partial charge in [0.05, 0.1) is 6.42 Å². The number of fused-ring (bicyclic) bond motifs is 3. The van der Waals surface area contributed by atoms with Gasteiger partial charge in [-0.3, -0.25) is 4.79 Å². The number of carboxylic acid groups (broad SMARTS) is 1. The monoisotopic (exact) mass is 521 g/mol. The number of hydrogen-bond acceptors (Lipinski definition) is 5. The molecule has 0 saturated carbocycles. The van der Waals surface area contributed by atoms with Gasteiger partial charge in [0.2, 0.25) is 5.82 Å². The standard InChI is InChI=1S/C22H15BrF3N3O4/c23-14-5-13(7-17(9-14)32-22(24,25)26)21-27-20(28-33-21)12-2-1-11-6-15-3-4-16(10-19(30)31)29(15)18(11)8-12/h1-2,5-9,16H,3-4,10H2,(H,30,31). The van der Waals surface area contributed by atoms with Gasteiger partial charge < -0.3 is 18.9 Å². The zero-order valence-corrected chi connectivity index (χ0v) is 18.4. The van der Waals surface area contributed by atoms with Crippen LogP contribution in [0.25, 0.3) is 33.7 Å². The molecule has 1 unspecified atom stereocenters. The number of carbonyl (C=O) groups is 1. The van der Waals surface area contributed by atoms with E-state index in [4.69, 9.17) is 4.52 Å². The summed E-state index contributed by atoms with van der Waals surface area (Å²) in [7, 11) is 0. The molecule has 5 rings (SSSR count). The molecule has 0 spiro atoms. The van der Waals surface area contributed by atoms with E-state index in [0.29, 0.717) is 10.0 Å². The Morgan fingerprint density at radius 1 is 1.21 bits per heavy atom. The SMILES string of the molecule is O=C(O)CC1CCc2cc3ccc(-c4noc(-c5cc(Br)cc(OC(F)(F)F)c5)n4)cc3n21. The third kappa shape index (κ3) is 4.32. The summed E-state index contributed by atoms with van der Waals surface area (Å²) in [6.45, 7) is 0. The molecule has 0 bridgehead atoms. The molecule has 0 saturated heterocycles. The minimum atomic E-state index is -4.83. The van der Waals surface area contributed by atoms with Gasteiger partial charge >= 0.3 is 12.3 Å². The van der Waals surface area contributed by atoms with Crippen LogP contribution in [0.4, 0.5) is 13.2 Å². The van der Waals surface area contributed by atoms with Gasteiger partial charge in [0.25, 0.3) is 5.89 Å². The van der Waals surface area contributed by atoms with E-state index in [1.165, 1.54) is 6.07 Å². The number of halogens is 4. The van der Waals surface area contributed by atoms with E-state index in [0.717, 1.165) is 35.5 Å². The normalized spacial score (nSPS) is 15.7. The van der Waals surface area contributed by atoms with Crippen molar-refractivity contribution in [2.45, 2.75) is 31.7 Å². The highest BCUT2D eigenvalue weighted by Crippen LogP contribution is 2.37. The van der Waals surface area contributed by atoms with Crippen LogP contribution < -0.4 is 4.74 Å². The highest BCUT2D eigenvalue weighted by atomic mass is 79.9. The molecule has 33 heavy (non-hydrogen) atoms. The van der Waals surface area contributed by atoms with Crippen molar-refractivity contribution in [1.29, 1.82) is 0 Å². The lowest BCUT2D eigenvalue weighted by molar-refractivity contribution is -0.274. The van der Waals surface area contributed by atoms with Crippen LogP contribution in [0, 0.1) is 0 Å². The molecule has 2 aromatic carbocycles. The maximum atomic E-state index is 12.6. The number of benzene rings is 2. The van der Waals surface area contributed by atoms with Crippen LogP contribution in [-0.2, 0) is 11.2 Å². The molecule has 3 heterocycles. The summed E-state index contributed by atoms with van der Waals surface area (Å²) in [4.78, 5) is 15.6. The number of carboxylic acids is 1. The third-order valence-corrected chi connectivity index (χ3v) is 5.92. The molecule has 0 aliphatic carbocycles. The summed E-state index contributed by atoms with van der Waals surface area (Å²) in [5, 5.41) is 14.2. The summed E-state index contributed by atoms with van der Waals surface area (Å²) in [6.07, 6.45) is -3.22. The maximum absolute atomic E-state index is 12.6. The highest BCUT2D eigenvalue weighted by molar-refractivity contribution is 9.10. The van der Waals surface area contributed by atoms with Crippen molar-refractivity contribution in [3.05, 3.63) is 52.6 Å². The number of aliphatic carboxylic acids is 1. The molecule has 1 aliphatic heterocycles. The summed E-state index contributed by atoms with van der Waals surface area (Å²) >= 11 is 3.16. The summed E-state index contributed by atoms with van der Waals surface area (Å²) < 4.78 is 49.5. The van der Waals surface area contributed by atoms with Gasteiger partial charge in [-0.2, -0.15) is 4.98 Å². The first kappa shape index (κ1) is 21.5. The lowest BCUT2D eigenvalue weighted by Gasteiger charge is -2.13. The zero-order valence-electron chi connectivity index (χ0n) is 16.8. The fourth-order valence-corrected chi connectivity index (χ4v) is 4.69. The molecular weight excluding hydrogens is 507 g/mol. The van der Waals surface area contributed by atoms with Gasteiger partial charge in [0, 0.05) is 32.9 Å². The van der Waals surface area contributed by atoms with Gasteiger partial charge in [-0.1, -0.05) is 33.2 Å². The molecule has 0 fully saturated rings. The fourth-order valence-electron chi connectivity index (χ4n) is 4.22. The number of alkyl halides is 3. The van der Waals surface area contributed by atoms with E-state index in [1.54, 1.807) is 6.07 Å². The van der Waals surface area contributed by atoms with Crippen LogP contribution in [0.2, 0.25) is 0 Å². The average Bonchev–Trinajstić information content (AvgIpc) is 3.41. The van der Waals surface area contributed by atoms with Gasteiger partial charge in [-0.15, -0.1) is 13.2 Å². The molecule has 2 aromatic heterocycles. The second-order valence-electron chi connectivity index (χ2n) is 7.72. The Bertz CT molecular complexity index is 1380. The van der Waals surface area contributed by atoms with Crippen molar-refractivity contribution >= 4 is 32.8 Å². The second-order valence-corrected chi connectivity index (χ2v) is 8.63. The lowest BCUT2D eigenvalue weighted by Crippen LogP contribution is -2.17. The number of nitrogens with zero attached hydrogens (tertiary/aromatic N) is 3. The number of aromatic nitrogens is 3. The Morgan fingerprint density at radius 3 is 2.79 bits per heavy atom. The maximum Gasteiger partial charge on any atom is 0.573 e. The minimum Gasteiger partial charge on any atom is -0.481 e. The van der Waals surface area contributed by atoms with E-state index in [1.807, 2.05) is 28.8 Å². The van der Waals surface area contributed by atoms with Crippen LogP contribution >= 0.6 is 15.9 Å². The Kier molecular flexibility index (Phi) is 5.15. The molecule has 1 atom stereocenters. The van der Waals surface area contributed by atoms with Crippen LogP contribution in [0.3, 0.4) is 0 Å². The van der Waals surface area contributed by atoms with Gasteiger partial charge in [0.1, 0.15) is 5.75 Å². The number of rotatable bonds is 5. The topological polar surface area (TPSA) is 90.4 Å². The second kappa shape index (κ2) is 7.91. The molecule has 0 radical (unpaired) electrons. The Balaban J connectivity index is 1.49. The van der Waals surface area contributed by atoms with E-state index in [2.05, 4.69) is 30.8 Å². The van der Waals surface area contributed by atoms with Gasteiger partial charge in [-0.25, -0.2) is 0 Å². The number of aryl methyl sites for hydroxylation is 1. The van der Waals surface area contributed by atoms with Crippen molar-refractivity contribution in [3.8, 4) is 28.6 Å². The highest BCUT2D eigenvalue weighted by Gasteiger charge is 2.31. The molecule has 1 aliphatic rings. The Labute approximate surface area is 192 Å². The largest absolute Gasteiger partial charge is 0.573 e. The van der Waals surface area contributed by atoms with Crippen molar-refractivity contribution in [2.75, 3.05) is 0 Å². The smallest absolute Gasteiger partial charge is 0.481 e. The zero-order chi connectivity index (χ0) is 23.3.